The first-order valence-corrected chi connectivity index (χ1v) is 13.6. The Balaban J connectivity index is 1.58. The van der Waals surface area contributed by atoms with Crippen LogP contribution in [0.25, 0.3) is 0 Å². The summed E-state index contributed by atoms with van der Waals surface area (Å²) in [5.41, 5.74) is 1.95. The first-order chi connectivity index (χ1) is 19.1. The summed E-state index contributed by atoms with van der Waals surface area (Å²) in [4.78, 5) is 19.3. The van der Waals surface area contributed by atoms with Gasteiger partial charge in [-0.15, -0.1) is 0 Å². The number of carbonyl (C=O) groups is 1. The van der Waals surface area contributed by atoms with Crippen molar-refractivity contribution in [1.29, 1.82) is 0 Å². The number of halogens is 1. The fourth-order valence-electron chi connectivity index (χ4n) is 4.60. The number of ether oxygens (including phenoxy) is 2. The monoisotopic (exact) mass is 584 g/mol. The molecule has 7 heteroatoms. The highest BCUT2D eigenvalue weighted by Crippen LogP contribution is 2.43. The molecule has 6 nitrogen and oxygen atoms in total. The average molecular weight is 585 g/mol. The predicted molar refractivity (Wildman–Crippen MR) is 156 cm³/mol. The van der Waals surface area contributed by atoms with Crippen LogP contribution in [-0.2, 0) is 16.0 Å². The number of para-hydroxylation sites is 1. The number of amides is 1. The molecule has 2 atom stereocenters. The summed E-state index contributed by atoms with van der Waals surface area (Å²) in [6, 6.07) is 34.4. The van der Waals surface area contributed by atoms with Gasteiger partial charge in [0.05, 0.1) is 6.61 Å². The van der Waals surface area contributed by atoms with E-state index in [9.17, 15) is 4.79 Å². The first kappa shape index (κ1) is 26.7. The molecule has 1 aliphatic rings. The molecule has 0 fully saturated rings. The molecule has 0 unspecified atom stereocenters. The molecular formula is C32H29BrN2O4. The van der Waals surface area contributed by atoms with Crippen LogP contribution in [0.3, 0.4) is 0 Å². The molecular weight excluding hydrogens is 556 g/mol. The molecule has 5 rings (SSSR count). The van der Waals surface area contributed by atoms with E-state index in [1.807, 2.05) is 109 Å². The van der Waals surface area contributed by atoms with Crippen molar-refractivity contribution in [3.8, 4) is 5.75 Å². The molecule has 0 aromatic heterocycles. The third kappa shape index (κ3) is 6.05. The number of aliphatic hydroxyl groups is 1. The lowest BCUT2D eigenvalue weighted by Gasteiger charge is -2.31. The minimum absolute atomic E-state index is 0.0776. The molecule has 2 N–H and O–H groups in total. The lowest BCUT2D eigenvalue weighted by Crippen LogP contribution is -2.46. The van der Waals surface area contributed by atoms with Gasteiger partial charge in [-0.25, -0.2) is 4.99 Å². The van der Waals surface area contributed by atoms with E-state index in [1.54, 1.807) is 0 Å². The van der Waals surface area contributed by atoms with Crippen LogP contribution in [0.4, 0.5) is 5.69 Å². The minimum atomic E-state index is -1.29. The van der Waals surface area contributed by atoms with E-state index >= 15 is 0 Å². The zero-order valence-corrected chi connectivity index (χ0v) is 22.9. The van der Waals surface area contributed by atoms with Crippen LogP contribution in [0.2, 0.25) is 0 Å². The highest BCUT2D eigenvalue weighted by atomic mass is 79.9. The number of carbonyl (C=O) groups excluding carboxylic acids is 1. The fourth-order valence-corrected chi connectivity index (χ4v) is 5.03. The molecule has 0 radical (unpaired) electrons. The zero-order chi connectivity index (χ0) is 27.1. The quantitative estimate of drug-likeness (QED) is 0.213. The van der Waals surface area contributed by atoms with Crippen LogP contribution in [-0.4, -0.2) is 35.7 Å². The molecule has 0 bridgehead atoms. The molecule has 39 heavy (non-hydrogen) atoms. The fraction of sp³-hybridized carbons (Fsp3) is 0.188. The molecule has 0 saturated heterocycles. The highest BCUT2D eigenvalue weighted by molar-refractivity contribution is 9.10. The van der Waals surface area contributed by atoms with Crippen LogP contribution in [0, 0.1) is 0 Å². The number of nitrogens with one attached hydrogen (secondary N) is 1. The van der Waals surface area contributed by atoms with Crippen molar-refractivity contribution in [3.05, 3.63) is 130 Å². The third-order valence-corrected chi connectivity index (χ3v) is 7.36. The molecule has 4 aromatic carbocycles. The summed E-state index contributed by atoms with van der Waals surface area (Å²) in [7, 11) is 0. The number of anilines is 1. The second-order valence-corrected chi connectivity index (χ2v) is 10.1. The van der Waals surface area contributed by atoms with Gasteiger partial charge in [0.2, 0.25) is 5.90 Å². The largest absolute Gasteiger partial charge is 0.494 e. The van der Waals surface area contributed by atoms with Crippen molar-refractivity contribution >= 4 is 33.4 Å². The van der Waals surface area contributed by atoms with Gasteiger partial charge in [0.15, 0.2) is 11.6 Å². The number of aliphatic imine (C=N–C) groups is 1. The lowest BCUT2D eigenvalue weighted by molar-refractivity contribution is -0.123. The van der Waals surface area contributed by atoms with Gasteiger partial charge in [-0.1, -0.05) is 82.7 Å². The molecule has 0 spiro atoms. The maximum absolute atomic E-state index is 14.3. The van der Waals surface area contributed by atoms with Crippen molar-refractivity contribution in [1.82, 2.24) is 0 Å². The van der Waals surface area contributed by atoms with Gasteiger partial charge in [-0.3, -0.25) is 4.79 Å². The average Bonchev–Trinajstić information content (AvgIpc) is 3.36. The Bertz CT molecular complexity index is 1430. The van der Waals surface area contributed by atoms with E-state index in [0.29, 0.717) is 36.8 Å². The lowest BCUT2D eigenvalue weighted by atomic mass is 9.82. The van der Waals surface area contributed by atoms with E-state index in [2.05, 4.69) is 21.2 Å². The molecule has 1 heterocycles. The predicted octanol–water partition coefficient (Wildman–Crippen LogP) is 6.35. The van der Waals surface area contributed by atoms with E-state index in [0.717, 1.165) is 21.2 Å². The van der Waals surface area contributed by atoms with Gasteiger partial charge in [-0.05, 0) is 53.6 Å². The van der Waals surface area contributed by atoms with Gasteiger partial charge < -0.3 is 19.9 Å². The number of rotatable bonds is 10. The van der Waals surface area contributed by atoms with E-state index in [-0.39, 0.29) is 12.5 Å². The van der Waals surface area contributed by atoms with E-state index < -0.39 is 11.6 Å². The minimum Gasteiger partial charge on any atom is -0.494 e. The SMILES string of the molecule is O=C(Nc1ccccc1)[C@]1(Cc2ccccc2Br)N=C(c2ccc(OCCCO)cc2)O[C@@H]1c1ccccc1. The van der Waals surface area contributed by atoms with Gasteiger partial charge >= 0.3 is 0 Å². The van der Waals surface area contributed by atoms with Crippen LogP contribution in [0.5, 0.6) is 5.75 Å². The topological polar surface area (TPSA) is 80.2 Å². The van der Waals surface area contributed by atoms with Gasteiger partial charge in [0.25, 0.3) is 5.91 Å². The first-order valence-electron chi connectivity index (χ1n) is 12.8. The van der Waals surface area contributed by atoms with Gasteiger partial charge in [0.1, 0.15) is 5.75 Å². The Hall–Kier alpha value is -3.94. The van der Waals surface area contributed by atoms with E-state index in [1.165, 1.54) is 0 Å². The van der Waals surface area contributed by atoms with Crippen molar-refractivity contribution in [3.63, 3.8) is 0 Å². The van der Waals surface area contributed by atoms with Gasteiger partial charge in [0, 0.05) is 35.2 Å². The third-order valence-electron chi connectivity index (χ3n) is 6.58. The van der Waals surface area contributed by atoms with E-state index in [4.69, 9.17) is 19.6 Å². The summed E-state index contributed by atoms with van der Waals surface area (Å²) in [5.74, 6) is 0.824. The molecule has 4 aromatic rings. The maximum Gasteiger partial charge on any atom is 0.257 e. The summed E-state index contributed by atoms with van der Waals surface area (Å²) in [5, 5.41) is 12.1. The number of nitrogens with zero attached hydrogens (tertiary/aromatic N) is 1. The molecule has 0 aliphatic carbocycles. The summed E-state index contributed by atoms with van der Waals surface area (Å²) in [6.45, 7) is 0.506. The number of benzene rings is 4. The number of aliphatic hydroxyl groups excluding tert-OH is 1. The maximum atomic E-state index is 14.3. The Morgan fingerprint density at radius 3 is 2.28 bits per heavy atom. The standard InChI is InChI=1S/C32H29BrN2O4/c33-28-15-8-7-12-25(28)22-32(31(37)34-26-13-5-2-6-14-26)29(23-10-3-1-4-11-23)39-30(35-32)24-16-18-27(19-17-24)38-21-9-20-36/h1-8,10-19,29,36H,9,20-22H2,(H,34,37)/t29-,32-/m1/s1. The van der Waals surface area contributed by atoms with Gasteiger partial charge in [-0.2, -0.15) is 0 Å². The number of hydrogen-bond acceptors (Lipinski definition) is 5. The summed E-state index contributed by atoms with van der Waals surface area (Å²) >= 11 is 3.66. The Labute approximate surface area is 236 Å². The van der Waals surface area contributed by atoms with Crippen molar-refractivity contribution in [2.75, 3.05) is 18.5 Å². The molecule has 0 saturated carbocycles. The Morgan fingerprint density at radius 2 is 1.59 bits per heavy atom. The van der Waals surface area contributed by atoms with Crippen LogP contribution >= 0.6 is 15.9 Å². The van der Waals surface area contributed by atoms with Crippen LogP contribution in [0.15, 0.2) is 119 Å². The molecule has 1 amide bonds. The highest BCUT2D eigenvalue weighted by Gasteiger charge is 2.53. The normalized spacial score (nSPS) is 18.2. The summed E-state index contributed by atoms with van der Waals surface area (Å²) in [6.07, 6.45) is 0.216. The van der Waals surface area contributed by atoms with Crippen LogP contribution in [0.1, 0.15) is 29.2 Å². The molecule has 198 valence electrons. The Kier molecular flexibility index (Phi) is 8.39. The van der Waals surface area contributed by atoms with Crippen molar-refractivity contribution < 1.29 is 19.4 Å². The second kappa shape index (κ2) is 12.3. The zero-order valence-electron chi connectivity index (χ0n) is 21.3. The van der Waals surface area contributed by atoms with Crippen LogP contribution < -0.4 is 10.1 Å². The molecule has 1 aliphatic heterocycles. The number of hydrogen-bond donors (Lipinski definition) is 2. The second-order valence-electron chi connectivity index (χ2n) is 9.29. The van der Waals surface area contributed by atoms with Crippen molar-refractivity contribution in [2.45, 2.75) is 24.5 Å². The summed E-state index contributed by atoms with van der Waals surface area (Å²) < 4.78 is 13.1. The Morgan fingerprint density at radius 1 is 0.923 bits per heavy atom. The van der Waals surface area contributed by atoms with Crippen molar-refractivity contribution in [2.24, 2.45) is 4.99 Å². The smallest absolute Gasteiger partial charge is 0.257 e.